The van der Waals surface area contributed by atoms with Gasteiger partial charge in [-0.2, -0.15) is 0 Å². The lowest BCUT2D eigenvalue weighted by molar-refractivity contribution is 0.202. The summed E-state index contributed by atoms with van der Waals surface area (Å²) in [7, 11) is 1.61. The third-order valence-corrected chi connectivity index (χ3v) is 5.70. The zero-order chi connectivity index (χ0) is 19.8. The number of thiophene rings is 1. The smallest absolute Gasteiger partial charge is 0.411 e. The summed E-state index contributed by atoms with van der Waals surface area (Å²) < 4.78 is 6.28. The average Bonchev–Trinajstić information content (AvgIpc) is 3.19. The Morgan fingerprint density at radius 2 is 1.93 bits per heavy atom. The molecular formula is C21H18N2O4S. The van der Waals surface area contributed by atoms with Gasteiger partial charge in [0.1, 0.15) is 10.4 Å². The van der Waals surface area contributed by atoms with Crippen molar-refractivity contribution < 1.29 is 14.6 Å². The van der Waals surface area contributed by atoms with Crippen LogP contribution >= 0.6 is 11.3 Å². The van der Waals surface area contributed by atoms with E-state index in [1.807, 2.05) is 35.7 Å². The van der Waals surface area contributed by atoms with E-state index in [2.05, 4.69) is 4.98 Å². The number of aromatic nitrogens is 1. The van der Waals surface area contributed by atoms with Crippen molar-refractivity contribution in [1.82, 2.24) is 4.98 Å². The van der Waals surface area contributed by atoms with Gasteiger partial charge < -0.3 is 14.8 Å². The molecule has 0 aliphatic heterocycles. The highest BCUT2D eigenvalue weighted by atomic mass is 32.1. The molecule has 1 amide bonds. The van der Waals surface area contributed by atoms with Gasteiger partial charge in [-0.05, 0) is 48.2 Å². The van der Waals surface area contributed by atoms with E-state index in [1.54, 1.807) is 26.2 Å². The number of benzene rings is 2. The average molecular weight is 394 g/mol. The molecule has 0 saturated carbocycles. The predicted molar refractivity (Wildman–Crippen MR) is 113 cm³/mol. The molecule has 0 aliphatic rings. The number of nitrogens with zero attached hydrogens (tertiary/aromatic N) is 1. The summed E-state index contributed by atoms with van der Waals surface area (Å²) in [6.45, 7) is 2.16. The molecule has 142 valence electrons. The van der Waals surface area contributed by atoms with Crippen molar-refractivity contribution in [3.63, 3.8) is 0 Å². The fourth-order valence-corrected chi connectivity index (χ4v) is 4.32. The molecule has 0 bridgehead atoms. The third kappa shape index (κ3) is 2.80. The van der Waals surface area contributed by atoms with E-state index in [-0.39, 0.29) is 5.56 Å². The summed E-state index contributed by atoms with van der Waals surface area (Å²) in [5.74, 6) is 0.686. The molecule has 0 radical (unpaired) electrons. The van der Waals surface area contributed by atoms with Crippen LogP contribution in [0, 0.1) is 0 Å². The Hall–Kier alpha value is -3.32. The molecule has 0 aliphatic carbocycles. The second kappa shape index (κ2) is 7.01. The summed E-state index contributed by atoms with van der Waals surface area (Å²) in [6.07, 6.45) is -0.990. The zero-order valence-electron chi connectivity index (χ0n) is 15.4. The molecular weight excluding hydrogens is 376 g/mol. The summed E-state index contributed by atoms with van der Waals surface area (Å²) in [4.78, 5) is 27.9. The molecule has 28 heavy (non-hydrogen) atoms. The van der Waals surface area contributed by atoms with Crippen molar-refractivity contribution >= 4 is 44.1 Å². The van der Waals surface area contributed by atoms with Crippen molar-refractivity contribution in [2.45, 2.75) is 6.92 Å². The number of aromatic amines is 1. The van der Waals surface area contributed by atoms with Crippen molar-refractivity contribution in [3.8, 4) is 16.9 Å². The van der Waals surface area contributed by atoms with E-state index < -0.39 is 6.09 Å². The molecule has 4 aromatic rings. The van der Waals surface area contributed by atoms with Gasteiger partial charge in [-0.25, -0.2) is 4.79 Å². The van der Waals surface area contributed by atoms with Gasteiger partial charge >= 0.3 is 6.09 Å². The molecule has 2 aromatic heterocycles. The van der Waals surface area contributed by atoms with Gasteiger partial charge in [0.2, 0.25) is 0 Å². The lowest BCUT2D eigenvalue weighted by Gasteiger charge is -2.18. The van der Waals surface area contributed by atoms with Gasteiger partial charge in [0.25, 0.3) is 5.56 Å². The van der Waals surface area contributed by atoms with Crippen LogP contribution in [-0.2, 0) is 0 Å². The number of hydrogen-bond acceptors (Lipinski definition) is 4. The minimum atomic E-state index is -0.990. The molecule has 0 saturated heterocycles. The summed E-state index contributed by atoms with van der Waals surface area (Å²) in [5.41, 5.74) is 2.98. The zero-order valence-corrected chi connectivity index (χ0v) is 16.2. The Morgan fingerprint density at radius 3 is 2.57 bits per heavy atom. The van der Waals surface area contributed by atoms with Crippen LogP contribution < -0.4 is 15.2 Å². The molecule has 4 rings (SSSR count). The van der Waals surface area contributed by atoms with E-state index >= 15 is 0 Å². The van der Waals surface area contributed by atoms with Crippen LogP contribution in [0.5, 0.6) is 5.75 Å². The predicted octanol–water partition coefficient (Wildman–Crippen LogP) is 4.92. The molecule has 0 atom stereocenters. The topological polar surface area (TPSA) is 82.6 Å². The number of methoxy groups -OCH3 is 1. The number of carbonyl (C=O) groups is 1. The van der Waals surface area contributed by atoms with Gasteiger partial charge in [-0.15, -0.1) is 11.3 Å². The largest absolute Gasteiger partial charge is 0.496 e. The van der Waals surface area contributed by atoms with E-state index in [0.29, 0.717) is 22.7 Å². The fraction of sp³-hybridized carbons (Fsp3) is 0.143. The standard InChI is InChI=1S/C21H18N2O4S/c1-3-23(21(25)26)13-6-4-12(5-7-13)17-16(27-2)9-8-15-18(17)14-10-11-28-19(14)20(24)22-15/h4-11H,3H2,1-2H3,(H,22,24)(H,25,26). The van der Waals surface area contributed by atoms with E-state index in [9.17, 15) is 14.7 Å². The van der Waals surface area contributed by atoms with Crippen molar-refractivity contribution in [1.29, 1.82) is 0 Å². The Labute approximate surface area is 164 Å². The number of H-pyrrole nitrogens is 1. The highest BCUT2D eigenvalue weighted by Gasteiger charge is 2.17. The van der Waals surface area contributed by atoms with Crippen LogP contribution in [-0.4, -0.2) is 29.8 Å². The normalized spacial score (nSPS) is 11.1. The Bertz CT molecular complexity index is 1240. The first kappa shape index (κ1) is 18.1. The number of anilines is 1. The first-order chi connectivity index (χ1) is 13.5. The van der Waals surface area contributed by atoms with Crippen molar-refractivity contribution in [2.24, 2.45) is 0 Å². The van der Waals surface area contributed by atoms with Crippen LogP contribution in [0.15, 0.2) is 52.6 Å². The van der Waals surface area contributed by atoms with Crippen LogP contribution in [0.25, 0.3) is 32.1 Å². The number of carboxylic acid groups (broad SMARTS) is 1. The number of ether oxygens (including phenoxy) is 1. The first-order valence-electron chi connectivity index (χ1n) is 8.76. The van der Waals surface area contributed by atoms with E-state index in [4.69, 9.17) is 4.74 Å². The Balaban J connectivity index is 1.99. The molecule has 6 nitrogen and oxygen atoms in total. The van der Waals surface area contributed by atoms with Gasteiger partial charge in [-0.3, -0.25) is 9.69 Å². The maximum absolute atomic E-state index is 12.3. The SMILES string of the molecule is CCN(C(=O)O)c1ccc(-c2c(OC)ccc3[nH]c(=O)c4sccc4c23)cc1. The van der Waals surface area contributed by atoms with Crippen LogP contribution in [0.2, 0.25) is 0 Å². The van der Waals surface area contributed by atoms with E-state index in [0.717, 1.165) is 27.4 Å². The van der Waals surface area contributed by atoms with Gasteiger partial charge in [0.15, 0.2) is 0 Å². The maximum Gasteiger partial charge on any atom is 0.411 e. The second-order valence-electron chi connectivity index (χ2n) is 6.26. The fourth-order valence-electron chi connectivity index (χ4n) is 3.52. The second-order valence-corrected chi connectivity index (χ2v) is 7.17. The van der Waals surface area contributed by atoms with Crippen molar-refractivity contribution in [3.05, 3.63) is 58.2 Å². The minimum absolute atomic E-state index is 0.107. The molecule has 7 heteroatoms. The summed E-state index contributed by atoms with van der Waals surface area (Å²) in [5, 5.41) is 13.0. The monoisotopic (exact) mass is 394 g/mol. The number of hydrogen-bond donors (Lipinski definition) is 2. The number of fused-ring (bicyclic) bond motifs is 3. The highest BCUT2D eigenvalue weighted by molar-refractivity contribution is 7.17. The lowest BCUT2D eigenvalue weighted by atomic mass is 9.97. The number of rotatable bonds is 4. The van der Waals surface area contributed by atoms with Crippen LogP contribution in [0.1, 0.15) is 6.92 Å². The number of pyridine rings is 1. The first-order valence-corrected chi connectivity index (χ1v) is 9.64. The number of nitrogens with one attached hydrogen (secondary N) is 1. The maximum atomic E-state index is 12.3. The number of amides is 1. The van der Waals surface area contributed by atoms with E-state index in [1.165, 1.54) is 16.2 Å². The molecule has 2 heterocycles. The summed E-state index contributed by atoms with van der Waals surface area (Å²) >= 11 is 1.40. The molecule has 2 aromatic carbocycles. The Morgan fingerprint density at radius 1 is 1.18 bits per heavy atom. The Kier molecular flexibility index (Phi) is 4.52. The summed E-state index contributed by atoms with van der Waals surface area (Å²) in [6, 6.07) is 12.9. The van der Waals surface area contributed by atoms with Gasteiger partial charge in [0.05, 0.1) is 7.11 Å². The highest BCUT2D eigenvalue weighted by Crippen LogP contribution is 2.40. The molecule has 2 N–H and O–H groups in total. The van der Waals surface area contributed by atoms with Crippen LogP contribution in [0.4, 0.5) is 10.5 Å². The lowest BCUT2D eigenvalue weighted by Crippen LogP contribution is -2.28. The molecule has 0 spiro atoms. The molecule has 0 unspecified atom stereocenters. The third-order valence-electron chi connectivity index (χ3n) is 4.79. The van der Waals surface area contributed by atoms with Crippen LogP contribution in [0.3, 0.4) is 0 Å². The minimum Gasteiger partial charge on any atom is -0.496 e. The van der Waals surface area contributed by atoms with Crippen molar-refractivity contribution in [2.75, 3.05) is 18.6 Å². The van der Waals surface area contributed by atoms with Gasteiger partial charge in [-0.1, -0.05) is 12.1 Å². The quantitative estimate of drug-likeness (QED) is 0.514. The van der Waals surface area contributed by atoms with Gasteiger partial charge in [0, 0.05) is 34.1 Å². The molecule has 0 fully saturated rings.